The maximum atomic E-state index is 6.56. The first-order valence-electron chi connectivity index (χ1n) is 32.9. The Hall–Kier alpha value is -11.6. The van der Waals surface area contributed by atoms with Crippen LogP contribution in [0, 0.1) is 0 Å². The van der Waals surface area contributed by atoms with Crippen molar-refractivity contribution in [2.45, 2.75) is 38.9 Å². The van der Waals surface area contributed by atoms with Crippen LogP contribution in [0.15, 0.2) is 286 Å². The largest absolute Gasteiger partial charge is 0.494 e. The second-order valence-corrected chi connectivity index (χ2v) is 27.2. The van der Waals surface area contributed by atoms with Crippen LogP contribution in [0.25, 0.3) is 176 Å². The van der Waals surface area contributed by atoms with Gasteiger partial charge in [-0.25, -0.2) is 19.9 Å². The van der Waals surface area contributed by atoms with Gasteiger partial charge in [0, 0.05) is 75.7 Å². The molecule has 11 nitrogen and oxygen atoms in total. The zero-order chi connectivity index (χ0) is 65.5. The lowest BCUT2D eigenvalue weighted by atomic mass is 9.78. The zero-order valence-electron chi connectivity index (χ0n) is 53.7. The number of aromatic nitrogens is 7. The lowest BCUT2D eigenvalue weighted by Crippen LogP contribution is -2.41. The van der Waals surface area contributed by atoms with Crippen molar-refractivity contribution >= 4 is 171 Å². The number of rotatable bonds is 4. The highest BCUT2D eigenvalue weighted by Crippen LogP contribution is 2.43. The zero-order valence-corrected chi connectivity index (χ0v) is 55.3. The summed E-state index contributed by atoms with van der Waals surface area (Å²) in [5.41, 5.74) is 20.9. The van der Waals surface area contributed by atoms with E-state index in [-0.39, 0.29) is 0 Å². The van der Waals surface area contributed by atoms with Gasteiger partial charge >= 0.3 is 7.12 Å². The van der Waals surface area contributed by atoms with Gasteiger partial charge in [-0.1, -0.05) is 204 Å². The third-order valence-electron chi connectivity index (χ3n) is 19.9. The van der Waals surface area contributed by atoms with Crippen molar-refractivity contribution in [3.8, 4) is 33.6 Å². The molecule has 0 amide bonds. The average molecular weight is 1330 g/mol. The second-order valence-electron chi connectivity index (χ2n) is 26.3. The van der Waals surface area contributed by atoms with E-state index in [2.05, 4.69) is 270 Å². The Morgan fingerprint density at radius 1 is 0.357 bits per heavy atom. The van der Waals surface area contributed by atoms with Crippen molar-refractivity contribution in [1.29, 1.82) is 0 Å². The van der Waals surface area contributed by atoms with Gasteiger partial charge in [0.15, 0.2) is 11.2 Å². The number of nitrogens with zero attached hydrogens (tertiary/aromatic N) is 7. The number of hydrogen-bond acceptors (Lipinski definition) is 9. The SMILES string of the molecule is Brc1ccc(-c2ccc3ccc4ccccc4c3n2)cc1.CC1(C)OB(c2ccc3oc4c5ccccc5c5nc6ccccc6n5c4c3c2)OC1(C)C.c1cnc2c(c1)ccc1ccc(-c3ccc(-c4ccc5oc6c7ccccc7c7nc8ccccc8n7c6c5c4)cc3)nc12. The first kappa shape index (κ1) is 57.8. The van der Waals surface area contributed by atoms with Crippen LogP contribution in [0.1, 0.15) is 27.7 Å². The van der Waals surface area contributed by atoms with Gasteiger partial charge in [0.2, 0.25) is 0 Å². The van der Waals surface area contributed by atoms with Crippen LogP contribution in [0.2, 0.25) is 0 Å². The van der Waals surface area contributed by atoms with Gasteiger partial charge in [0.25, 0.3) is 0 Å². The second kappa shape index (κ2) is 22.2. The number of fused-ring (bicyclic) bond motifs is 26. The summed E-state index contributed by atoms with van der Waals surface area (Å²) in [6.45, 7) is 8.30. The Morgan fingerprint density at radius 3 is 1.42 bits per heavy atom. The monoisotopic (exact) mass is 1330 g/mol. The van der Waals surface area contributed by atoms with E-state index in [0.717, 1.165) is 170 Å². The Balaban J connectivity index is 0.000000110. The third kappa shape index (κ3) is 9.29. The van der Waals surface area contributed by atoms with Gasteiger partial charge in [-0.15, -0.1) is 0 Å². The Morgan fingerprint density at radius 2 is 0.806 bits per heavy atom. The molecule has 1 aliphatic heterocycles. The Kier molecular flexibility index (Phi) is 13.1. The molecule has 20 aromatic rings. The molecule has 1 saturated heterocycles. The fourth-order valence-corrected chi connectivity index (χ4v) is 14.5. The molecule has 1 fully saturated rings. The van der Waals surface area contributed by atoms with Gasteiger partial charge in [-0.3, -0.25) is 13.8 Å². The molecule has 10 heterocycles. The van der Waals surface area contributed by atoms with Crippen molar-refractivity contribution in [2.75, 3.05) is 0 Å². The summed E-state index contributed by atoms with van der Waals surface area (Å²) in [5, 5.41) is 12.2. The van der Waals surface area contributed by atoms with Gasteiger partial charge in [-0.05, 0) is 129 Å². The number of pyridine rings is 5. The fourth-order valence-electron chi connectivity index (χ4n) is 14.3. The first-order chi connectivity index (χ1) is 47.9. The van der Waals surface area contributed by atoms with Crippen LogP contribution < -0.4 is 5.46 Å². The summed E-state index contributed by atoms with van der Waals surface area (Å²) in [7, 11) is -0.431. The molecule has 0 unspecified atom stereocenters. The number of benzene rings is 11. The predicted octanol–water partition coefficient (Wildman–Crippen LogP) is 21.6. The number of furan rings is 2. The highest BCUT2D eigenvalue weighted by atomic mass is 79.9. The van der Waals surface area contributed by atoms with Crippen molar-refractivity contribution in [3.63, 3.8) is 0 Å². The summed E-state index contributed by atoms with van der Waals surface area (Å²) in [5.74, 6) is 0. The third-order valence-corrected chi connectivity index (χ3v) is 20.5. The maximum Gasteiger partial charge on any atom is 0.494 e. The van der Waals surface area contributed by atoms with E-state index in [9.17, 15) is 0 Å². The number of para-hydroxylation sites is 4. The number of imidazole rings is 2. The van der Waals surface area contributed by atoms with Gasteiger partial charge in [-0.2, -0.15) is 0 Å². The number of halogens is 1. The van der Waals surface area contributed by atoms with Gasteiger partial charge in [0.05, 0.1) is 61.2 Å². The predicted molar refractivity (Wildman–Crippen MR) is 405 cm³/mol. The van der Waals surface area contributed by atoms with E-state index >= 15 is 0 Å². The van der Waals surface area contributed by atoms with E-state index in [0.29, 0.717) is 0 Å². The summed E-state index contributed by atoms with van der Waals surface area (Å²) in [4.78, 5) is 24.6. The van der Waals surface area contributed by atoms with E-state index in [1.165, 1.54) is 16.2 Å². The van der Waals surface area contributed by atoms with Crippen LogP contribution in [-0.4, -0.2) is 52.0 Å². The van der Waals surface area contributed by atoms with Crippen LogP contribution >= 0.6 is 15.9 Å². The molecule has 98 heavy (non-hydrogen) atoms. The smallest absolute Gasteiger partial charge is 0.454 e. The molecule has 0 aliphatic carbocycles. The van der Waals surface area contributed by atoms with E-state index < -0.39 is 18.3 Å². The van der Waals surface area contributed by atoms with Crippen molar-refractivity contribution in [3.05, 3.63) is 278 Å². The molecule has 1 aliphatic rings. The molecule has 466 valence electrons. The Bertz CT molecular complexity index is 6660. The van der Waals surface area contributed by atoms with Crippen LogP contribution in [0.4, 0.5) is 0 Å². The van der Waals surface area contributed by atoms with E-state index in [1.54, 1.807) is 0 Å². The average Bonchev–Trinajstić information content (AvgIpc) is 1.55. The van der Waals surface area contributed by atoms with Gasteiger partial charge < -0.3 is 18.1 Å². The van der Waals surface area contributed by atoms with Crippen LogP contribution in [0.3, 0.4) is 0 Å². The summed E-state index contributed by atoms with van der Waals surface area (Å²) in [6.07, 6.45) is 1.83. The summed E-state index contributed by atoms with van der Waals surface area (Å²) >= 11 is 3.47. The van der Waals surface area contributed by atoms with E-state index in [4.69, 9.17) is 38.1 Å². The normalized spacial score (nSPS) is 13.8. The molecule has 11 aromatic carbocycles. The molecule has 0 radical (unpaired) electrons. The quantitative estimate of drug-likeness (QED) is 0.125. The van der Waals surface area contributed by atoms with Crippen LogP contribution in [0.5, 0.6) is 0 Å². The first-order valence-corrected chi connectivity index (χ1v) is 33.7. The topological polar surface area (TPSA) is 118 Å². The molecule has 0 bridgehead atoms. The molecule has 0 atom stereocenters. The standard InChI is InChI=1S/C39H22N4O.C27H23BN2O3.C19H12BrN/c1-2-8-29-28(7-1)38-37(43-33-10-4-3-9-32(33)42-39(29)43)30-22-27(18-20-34(30)44-38)23-11-13-24(14-12-23)31-19-17-26-16-15-25-6-5-21-40-35(25)36(26)41-31;1-26(2)27(3,4)33-28(32-26)16-13-14-22-19(15-16)23-24(31-22)17-9-5-6-10-18(17)25-29-20-11-7-8-12-21(20)30(23)25;20-16-10-7-14(8-11-16)18-12-9-15-6-5-13-3-1-2-4-17(13)19(15)21-18/h1-22H;5-15H,1-4H3;1-12H. The van der Waals surface area contributed by atoms with Crippen molar-refractivity contribution in [2.24, 2.45) is 0 Å². The molecular weight excluding hydrogens is 1270 g/mol. The Labute approximate surface area is 569 Å². The highest BCUT2D eigenvalue weighted by molar-refractivity contribution is 9.10. The van der Waals surface area contributed by atoms with E-state index in [1.807, 2.05) is 60.8 Å². The minimum absolute atomic E-state index is 0.394. The highest BCUT2D eigenvalue weighted by Gasteiger charge is 2.52. The number of hydrogen-bond donors (Lipinski definition) is 0. The lowest BCUT2D eigenvalue weighted by molar-refractivity contribution is 0.00578. The summed E-state index contributed by atoms with van der Waals surface area (Å²) in [6, 6.07) is 92.2. The minimum Gasteiger partial charge on any atom is -0.454 e. The van der Waals surface area contributed by atoms with Gasteiger partial charge in [0.1, 0.15) is 33.5 Å². The van der Waals surface area contributed by atoms with Crippen LogP contribution in [-0.2, 0) is 9.31 Å². The maximum absolute atomic E-state index is 6.56. The molecular formula is C85H57BBrN7O4. The lowest BCUT2D eigenvalue weighted by Gasteiger charge is -2.32. The van der Waals surface area contributed by atoms with Crippen molar-refractivity contribution < 1.29 is 18.1 Å². The van der Waals surface area contributed by atoms with Crippen molar-refractivity contribution in [1.82, 2.24) is 33.7 Å². The molecule has 9 aromatic heterocycles. The minimum atomic E-state index is -0.431. The molecule has 13 heteroatoms. The summed E-state index contributed by atoms with van der Waals surface area (Å²) < 4.78 is 31.3. The fraction of sp³-hybridized carbons (Fsp3) is 0.0706. The molecule has 21 rings (SSSR count). The molecule has 0 N–H and O–H groups in total. The molecule has 0 saturated carbocycles. The molecule has 0 spiro atoms.